The standard InChI is InChI=1S/C15H32N2O/c1-5-9-16-14(15(2,3)4)8-11-17-10-6-7-13(18)12-17/h13-14,16,18H,5-12H2,1-4H3. The third-order valence-corrected chi connectivity index (χ3v) is 3.90. The van der Waals surface area contributed by atoms with E-state index in [1.165, 1.54) is 12.8 Å². The lowest BCUT2D eigenvalue weighted by Crippen LogP contribution is -2.45. The summed E-state index contributed by atoms with van der Waals surface area (Å²) in [5.41, 5.74) is 0.309. The topological polar surface area (TPSA) is 35.5 Å². The van der Waals surface area contributed by atoms with Gasteiger partial charge in [-0.05, 0) is 50.7 Å². The molecule has 0 aromatic heterocycles. The fourth-order valence-corrected chi connectivity index (χ4v) is 2.71. The molecular weight excluding hydrogens is 224 g/mol. The first-order valence-corrected chi connectivity index (χ1v) is 7.57. The van der Waals surface area contributed by atoms with Crippen molar-refractivity contribution in [1.82, 2.24) is 10.2 Å². The maximum absolute atomic E-state index is 9.69. The smallest absolute Gasteiger partial charge is 0.0667 e. The Morgan fingerprint density at radius 3 is 2.67 bits per heavy atom. The van der Waals surface area contributed by atoms with E-state index in [0.29, 0.717) is 11.5 Å². The number of rotatable bonds is 6. The number of nitrogens with zero attached hydrogens (tertiary/aromatic N) is 1. The van der Waals surface area contributed by atoms with Crippen molar-refractivity contribution in [3.63, 3.8) is 0 Å². The van der Waals surface area contributed by atoms with Crippen molar-refractivity contribution in [2.75, 3.05) is 26.2 Å². The van der Waals surface area contributed by atoms with E-state index < -0.39 is 0 Å². The van der Waals surface area contributed by atoms with E-state index in [9.17, 15) is 5.11 Å². The van der Waals surface area contributed by atoms with Crippen molar-refractivity contribution in [2.45, 2.75) is 65.5 Å². The molecule has 0 aliphatic carbocycles. The molecule has 2 N–H and O–H groups in total. The Morgan fingerprint density at radius 1 is 1.39 bits per heavy atom. The normalized spacial score (nSPS) is 24.2. The molecule has 0 spiro atoms. The van der Waals surface area contributed by atoms with E-state index in [-0.39, 0.29) is 6.10 Å². The van der Waals surface area contributed by atoms with Gasteiger partial charge in [-0.25, -0.2) is 0 Å². The predicted molar refractivity (Wildman–Crippen MR) is 77.8 cm³/mol. The van der Waals surface area contributed by atoms with Crippen LogP contribution in [-0.4, -0.2) is 48.3 Å². The monoisotopic (exact) mass is 256 g/mol. The average molecular weight is 256 g/mol. The van der Waals surface area contributed by atoms with Gasteiger partial charge < -0.3 is 15.3 Å². The van der Waals surface area contributed by atoms with Crippen LogP contribution in [0.15, 0.2) is 0 Å². The highest BCUT2D eigenvalue weighted by Crippen LogP contribution is 2.22. The fraction of sp³-hybridized carbons (Fsp3) is 1.00. The minimum absolute atomic E-state index is 0.101. The van der Waals surface area contributed by atoms with Gasteiger partial charge in [0.25, 0.3) is 0 Å². The minimum Gasteiger partial charge on any atom is -0.392 e. The molecule has 1 aliphatic heterocycles. The minimum atomic E-state index is -0.101. The van der Waals surface area contributed by atoms with Crippen molar-refractivity contribution in [2.24, 2.45) is 5.41 Å². The maximum Gasteiger partial charge on any atom is 0.0667 e. The number of aliphatic hydroxyl groups excluding tert-OH is 1. The Morgan fingerprint density at radius 2 is 2.11 bits per heavy atom. The van der Waals surface area contributed by atoms with Crippen molar-refractivity contribution in [3.8, 4) is 0 Å². The molecule has 0 amide bonds. The number of likely N-dealkylation sites (tertiary alicyclic amines) is 1. The van der Waals surface area contributed by atoms with Crippen molar-refractivity contribution >= 4 is 0 Å². The molecule has 0 bridgehead atoms. The van der Waals surface area contributed by atoms with Gasteiger partial charge in [0.15, 0.2) is 0 Å². The summed E-state index contributed by atoms with van der Waals surface area (Å²) in [6.45, 7) is 13.4. The summed E-state index contributed by atoms with van der Waals surface area (Å²) < 4.78 is 0. The van der Waals surface area contributed by atoms with Crippen LogP contribution in [0.2, 0.25) is 0 Å². The highest BCUT2D eigenvalue weighted by molar-refractivity contribution is 4.82. The summed E-state index contributed by atoms with van der Waals surface area (Å²) in [7, 11) is 0. The Bertz CT molecular complexity index is 225. The lowest BCUT2D eigenvalue weighted by molar-refractivity contribution is 0.0656. The zero-order valence-corrected chi connectivity index (χ0v) is 12.7. The summed E-state index contributed by atoms with van der Waals surface area (Å²) in [6.07, 6.45) is 4.39. The van der Waals surface area contributed by atoms with Gasteiger partial charge in [0.1, 0.15) is 0 Å². The molecule has 1 aliphatic rings. The molecular formula is C15H32N2O. The number of hydrogen-bond donors (Lipinski definition) is 2. The lowest BCUT2D eigenvalue weighted by Gasteiger charge is -2.35. The van der Waals surface area contributed by atoms with Crippen LogP contribution in [0.25, 0.3) is 0 Å². The lowest BCUT2D eigenvalue weighted by atomic mass is 9.84. The van der Waals surface area contributed by atoms with Gasteiger partial charge in [0.05, 0.1) is 6.10 Å². The summed E-state index contributed by atoms with van der Waals surface area (Å²) in [5.74, 6) is 0. The first kappa shape index (κ1) is 15.9. The van der Waals surface area contributed by atoms with Crippen LogP contribution in [0.4, 0.5) is 0 Å². The molecule has 2 unspecified atom stereocenters. The summed E-state index contributed by atoms with van der Waals surface area (Å²) in [6, 6.07) is 0.566. The first-order valence-electron chi connectivity index (χ1n) is 7.57. The summed E-state index contributed by atoms with van der Waals surface area (Å²) in [5, 5.41) is 13.4. The molecule has 1 rings (SSSR count). The Balaban J connectivity index is 2.36. The zero-order valence-electron chi connectivity index (χ0n) is 12.7. The summed E-state index contributed by atoms with van der Waals surface area (Å²) in [4.78, 5) is 2.42. The van der Waals surface area contributed by atoms with Crippen LogP contribution in [0.5, 0.6) is 0 Å². The van der Waals surface area contributed by atoms with E-state index in [2.05, 4.69) is 37.9 Å². The van der Waals surface area contributed by atoms with Crippen LogP contribution in [-0.2, 0) is 0 Å². The van der Waals surface area contributed by atoms with E-state index >= 15 is 0 Å². The number of aliphatic hydroxyl groups is 1. The van der Waals surface area contributed by atoms with E-state index in [1.807, 2.05) is 0 Å². The molecule has 18 heavy (non-hydrogen) atoms. The second kappa shape index (κ2) is 7.46. The van der Waals surface area contributed by atoms with Crippen LogP contribution >= 0.6 is 0 Å². The van der Waals surface area contributed by atoms with Crippen LogP contribution in [0, 0.1) is 5.41 Å². The average Bonchev–Trinajstić information content (AvgIpc) is 2.27. The second-order valence-electron chi connectivity index (χ2n) is 6.76. The molecule has 1 fully saturated rings. The molecule has 3 nitrogen and oxygen atoms in total. The number of piperidine rings is 1. The van der Waals surface area contributed by atoms with Crippen molar-refractivity contribution in [1.29, 1.82) is 0 Å². The Kier molecular flexibility index (Phi) is 6.61. The molecule has 0 aromatic rings. The molecule has 1 heterocycles. The molecule has 0 saturated carbocycles. The number of hydrogen-bond acceptors (Lipinski definition) is 3. The zero-order chi connectivity index (χ0) is 13.6. The highest BCUT2D eigenvalue weighted by Gasteiger charge is 2.25. The predicted octanol–water partition coefficient (Wildman–Crippen LogP) is 2.25. The van der Waals surface area contributed by atoms with Gasteiger partial charge in [0, 0.05) is 12.6 Å². The quantitative estimate of drug-likeness (QED) is 0.765. The maximum atomic E-state index is 9.69. The molecule has 0 aromatic carbocycles. The number of β-amino-alcohol motifs (C(OH)–C–C–N with tert-alkyl or cyclic N) is 1. The van der Waals surface area contributed by atoms with Crippen molar-refractivity contribution < 1.29 is 5.11 Å². The molecule has 108 valence electrons. The van der Waals surface area contributed by atoms with Gasteiger partial charge in [-0.2, -0.15) is 0 Å². The summed E-state index contributed by atoms with van der Waals surface area (Å²) >= 11 is 0. The van der Waals surface area contributed by atoms with Gasteiger partial charge in [-0.1, -0.05) is 27.7 Å². The van der Waals surface area contributed by atoms with E-state index in [1.54, 1.807) is 0 Å². The van der Waals surface area contributed by atoms with E-state index in [4.69, 9.17) is 0 Å². The number of nitrogens with one attached hydrogen (secondary N) is 1. The Hall–Kier alpha value is -0.120. The molecule has 3 heteroatoms. The van der Waals surface area contributed by atoms with Gasteiger partial charge >= 0.3 is 0 Å². The molecule has 0 radical (unpaired) electrons. The molecule has 1 saturated heterocycles. The molecule has 2 atom stereocenters. The fourth-order valence-electron chi connectivity index (χ4n) is 2.71. The van der Waals surface area contributed by atoms with Crippen LogP contribution in [0.3, 0.4) is 0 Å². The van der Waals surface area contributed by atoms with Gasteiger partial charge in [-0.3, -0.25) is 0 Å². The van der Waals surface area contributed by atoms with Gasteiger partial charge in [0.2, 0.25) is 0 Å². The SMILES string of the molecule is CCCNC(CCN1CCCC(O)C1)C(C)(C)C. The first-order chi connectivity index (χ1) is 8.43. The third kappa shape index (κ3) is 5.68. The van der Waals surface area contributed by atoms with Crippen LogP contribution in [0.1, 0.15) is 53.4 Å². The largest absolute Gasteiger partial charge is 0.392 e. The van der Waals surface area contributed by atoms with Gasteiger partial charge in [-0.15, -0.1) is 0 Å². The highest BCUT2D eigenvalue weighted by atomic mass is 16.3. The van der Waals surface area contributed by atoms with E-state index in [0.717, 1.165) is 39.0 Å². The van der Waals surface area contributed by atoms with Crippen molar-refractivity contribution in [3.05, 3.63) is 0 Å². The Labute approximate surface area is 113 Å². The second-order valence-corrected chi connectivity index (χ2v) is 6.76. The van der Waals surface area contributed by atoms with Crippen LogP contribution < -0.4 is 5.32 Å². The third-order valence-electron chi connectivity index (χ3n) is 3.90.